The molecule has 0 radical (unpaired) electrons. The lowest BCUT2D eigenvalue weighted by Crippen LogP contribution is -2.40. The first kappa shape index (κ1) is 15.3. The number of thioether (sulfide) groups is 1. The third-order valence-corrected chi connectivity index (χ3v) is 4.61. The normalized spacial score (nSPS) is 14.8. The fourth-order valence-corrected chi connectivity index (χ4v) is 3.24. The molecule has 1 aromatic rings. The maximum atomic E-state index is 12.2. The molecule has 5 nitrogen and oxygen atoms in total. The first-order valence-electron chi connectivity index (χ1n) is 6.21. The number of carbonyl (C=O) groups excluding carboxylic acids is 1. The van der Waals surface area contributed by atoms with E-state index < -0.39 is 0 Å². The molecule has 1 heterocycles. The minimum atomic E-state index is -0.0850. The Morgan fingerprint density at radius 2 is 1.85 bits per heavy atom. The Kier molecular flexibility index (Phi) is 5.42. The van der Waals surface area contributed by atoms with Gasteiger partial charge >= 0.3 is 6.03 Å². The predicted molar refractivity (Wildman–Crippen MR) is 85.2 cm³/mol. The lowest BCUT2D eigenvalue weighted by Gasteiger charge is -2.26. The van der Waals surface area contributed by atoms with Crippen molar-refractivity contribution in [1.29, 1.82) is 0 Å². The Balaban J connectivity index is 2.13. The van der Waals surface area contributed by atoms with E-state index in [2.05, 4.69) is 21.2 Å². The van der Waals surface area contributed by atoms with Gasteiger partial charge in [0.25, 0.3) is 0 Å². The number of rotatable bonds is 3. The van der Waals surface area contributed by atoms with E-state index in [1.807, 2.05) is 16.7 Å². The molecule has 0 bridgehead atoms. The molecule has 0 atom stereocenters. The molecule has 1 aliphatic rings. The fraction of sp³-hybridized carbons (Fsp3) is 0.462. The highest BCUT2D eigenvalue weighted by Gasteiger charge is 2.18. The van der Waals surface area contributed by atoms with Gasteiger partial charge in [0.15, 0.2) is 11.5 Å². The summed E-state index contributed by atoms with van der Waals surface area (Å²) in [6.45, 7) is 1.56. The zero-order valence-corrected chi connectivity index (χ0v) is 13.8. The molecule has 0 aliphatic carbocycles. The number of ether oxygens (including phenoxy) is 2. The number of nitrogens with zero attached hydrogens (tertiary/aromatic N) is 1. The van der Waals surface area contributed by atoms with Crippen molar-refractivity contribution in [3.63, 3.8) is 0 Å². The molecule has 0 spiro atoms. The summed E-state index contributed by atoms with van der Waals surface area (Å²) in [6, 6.07) is 3.44. The number of hydrogen-bond acceptors (Lipinski definition) is 4. The van der Waals surface area contributed by atoms with Crippen molar-refractivity contribution in [1.82, 2.24) is 4.90 Å². The van der Waals surface area contributed by atoms with Gasteiger partial charge in [-0.05, 0) is 15.9 Å². The molecular formula is C13H17BrN2O3S. The van der Waals surface area contributed by atoms with Crippen molar-refractivity contribution in [2.45, 2.75) is 0 Å². The Morgan fingerprint density at radius 3 is 2.45 bits per heavy atom. The first-order chi connectivity index (χ1) is 9.65. The summed E-state index contributed by atoms with van der Waals surface area (Å²) in [6.07, 6.45) is 0. The van der Waals surface area contributed by atoms with Crippen LogP contribution in [0.3, 0.4) is 0 Å². The molecule has 0 unspecified atom stereocenters. The van der Waals surface area contributed by atoms with Gasteiger partial charge in [-0.15, -0.1) is 0 Å². The van der Waals surface area contributed by atoms with Crippen LogP contribution in [0.1, 0.15) is 0 Å². The number of amides is 2. The fourth-order valence-electron chi connectivity index (χ4n) is 1.91. The van der Waals surface area contributed by atoms with Crippen LogP contribution in [0.5, 0.6) is 11.5 Å². The molecule has 1 N–H and O–H groups in total. The lowest BCUT2D eigenvalue weighted by atomic mass is 10.2. The molecule has 2 amide bonds. The van der Waals surface area contributed by atoms with Crippen LogP contribution in [0.15, 0.2) is 16.6 Å². The second-order valence-corrected chi connectivity index (χ2v) is 6.30. The van der Waals surface area contributed by atoms with Crippen LogP contribution in [-0.4, -0.2) is 49.7 Å². The Bertz CT molecular complexity index is 493. The Labute approximate surface area is 131 Å². The monoisotopic (exact) mass is 360 g/mol. The van der Waals surface area contributed by atoms with E-state index in [0.29, 0.717) is 17.2 Å². The summed E-state index contributed by atoms with van der Waals surface area (Å²) in [7, 11) is 3.15. The largest absolute Gasteiger partial charge is 0.493 e. The number of urea groups is 1. The summed E-state index contributed by atoms with van der Waals surface area (Å²) in [4.78, 5) is 14.0. The van der Waals surface area contributed by atoms with Gasteiger partial charge in [-0.3, -0.25) is 0 Å². The van der Waals surface area contributed by atoms with Crippen LogP contribution < -0.4 is 14.8 Å². The second-order valence-electron chi connectivity index (χ2n) is 4.22. The molecule has 1 fully saturated rings. The van der Waals surface area contributed by atoms with Crippen molar-refractivity contribution in [2.75, 3.05) is 44.1 Å². The number of carbonyl (C=O) groups is 1. The summed E-state index contributed by atoms with van der Waals surface area (Å²) in [5, 5.41) is 2.90. The lowest BCUT2D eigenvalue weighted by molar-refractivity contribution is 0.217. The smallest absolute Gasteiger partial charge is 0.321 e. The van der Waals surface area contributed by atoms with E-state index in [0.717, 1.165) is 29.1 Å². The zero-order valence-electron chi connectivity index (χ0n) is 11.4. The highest BCUT2D eigenvalue weighted by molar-refractivity contribution is 9.10. The van der Waals surface area contributed by atoms with Gasteiger partial charge in [-0.25, -0.2) is 4.79 Å². The third-order valence-electron chi connectivity index (χ3n) is 3.01. The molecule has 0 aromatic heterocycles. The van der Waals surface area contributed by atoms with Gasteiger partial charge in [0.05, 0.1) is 19.9 Å². The summed E-state index contributed by atoms with van der Waals surface area (Å²) < 4.78 is 11.2. The van der Waals surface area contributed by atoms with E-state index in [1.165, 1.54) is 0 Å². The molecule has 110 valence electrons. The number of methoxy groups -OCH3 is 2. The van der Waals surface area contributed by atoms with Crippen molar-refractivity contribution < 1.29 is 14.3 Å². The van der Waals surface area contributed by atoms with E-state index in [9.17, 15) is 4.79 Å². The maximum absolute atomic E-state index is 12.2. The second kappa shape index (κ2) is 7.08. The SMILES string of the molecule is COc1cc(Br)c(NC(=O)N2CCSCC2)cc1OC. The Morgan fingerprint density at radius 1 is 1.25 bits per heavy atom. The van der Waals surface area contributed by atoms with Crippen molar-refractivity contribution in [3.8, 4) is 11.5 Å². The van der Waals surface area contributed by atoms with Crippen LogP contribution in [-0.2, 0) is 0 Å². The van der Waals surface area contributed by atoms with Gasteiger partial charge < -0.3 is 19.7 Å². The number of nitrogens with one attached hydrogen (secondary N) is 1. The molecular weight excluding hydrogens is 344 g/mol. The van der Waals surface area contributed by atoms with Crippen LogP contribution >= 0.6 is 27.7 Å². The average Bonchev–Trinajstić information content (AvgIpc) is 2.49. The highest BCUT2D eigenvalue weighted by Crippen LogP contribution is 2.36. The van der Waals surface area contributed by atoms with Gasteiger partial charge in [-0.2, -0.15) is 11.8 Å². The number of hydrogen-bond donors (Lipinski definition) is 1. The minimum absolute atomic E-state index is 0.0850. The maximum Gasteiger partial charge on any atom is 0.321 e. The van der Waals surface area contributed by atoms with Crippen LogP contribution in [0, 0.1) is 0 Å². The standard InChI is InChI=1S/C13H17BrN2O3S/c1-18-11-7-9(14)10(8-12(11)19-2)15-13(17)16-3-5-20-6-4-16/h7-8H,3-6H2,1-2H3,(H,15,17). The van der Waals surface area contributed by atoms with Crippen molar-refractivity contribution >= 4 is 39.4 Å². The molecule has 1 saturated heterocycles. The van der Waals surface area contributed by atoms with Gasteiger partial charge in [0.2, 0.25) is 0 Å². The topological polar surface area (TPSA) is 50.8 Å². The summed E-state index contributed by atoms with van der Waals surface area (Å²) >= 11 is 5.30. The van der Waals surface area contributed by atoms with Gasteiger partial charge in [-0.1, -0.05) is 0 Å². The minimum Gasteiger partial charge on any atom is -0.493 e. The third kappa shape index (κ3) is 3.52. The van der Waals surface area contributed by atoms with Crippen molar-refractivity contribution in [3.05, 3.63) is 16.6 Å². The number of halogens is 1. The Hall–Kier alpha value is -1.08. The van der Waals surface area contributed by atoms with Gasteiger partial charge in [0, 0.05) is 41.2 Å². The van der Waals surface area contributed by atoms with Crippen LogP contribution in [0.4, 0.5) is 10.5 Å². The zero-order chi connectivity index (χ0) is 14.5. The van der Waals surface area contributed by atoms with E-state index in [4.69, 9.17) is 9.47 Å². The van der Waals surface area contributed by atoms with E-state index in [1.54, 1.807) is 26.4 Å². The summed E-state index contributed by atoms with van der Waals surface area (Å²) in [5.74, 6) is 3.17. The van der Waals surface area contributed by atoms with Crippen molar-refractivity contribution in [2.24, 2.45) is 0 Å². The van der Waals surface area contributed by atoms with Crippen LogP contribution in [0.2, 0.25) is 0 Å². The quantitative estimate of drug-likeness (QED) is 0.899. The molecule has 0 saturated carbocycles. The number of anilines is 1. The predicted octanol–water partition coefficient (Wildman–Crippen LogP) is 3.05. The van der Waals surface area contributed by atoms with E-state index >= 15 is 0 Å². The van der Waals surface area contributed by atoms with Gasteiger partial charge in [0.1, 0.15) is 0 Å². The molecule has 1 aromatic carbocycles. The molecule has 1 aliphatic heterocycles. The number of benzene rings is 1. The highest BCUT2D eigenvalue weighted by atomic mass is 79.9. The molecule has 7 heteroatoms. The molecule has 20 heavy (non-hydrogen) atoms. The first-order valence-corrected chi connectivity index (χ1v) is 8.15. The van der Waals surface area contributed by atoms with Crippen LogP contribution in [0.25, 0.3) is 0 Å². The molecule has 2 rings (SSSR count). The van der Waals surface area contributed by atoms with E-state index in [-0.39, 0.29) is 6.03 Å². The average molecular weight is 361 g/mol. The summed E-state index contributed by atoms with van der Waals surface area (Å²) in [5.41, 5.74) is 0.672.